The van der Waals surface area contributed by atoms with Crippen LogP contribution in [-0.4, -0.2) is 37.6 Å². The van der Waals surface area contributed by atoms with Gasteiger partial charge in [-0.25, -0.2) is 0 Å². The van der Waals surface area contributed by atoms with E-state index in [4.69, 9.17) is 4.74 Å². The van der Waals surface area contributed by atoms with E-state index >= 15 is 0 Å². The van der Waals surface area contributed by atoms with E-state index in [-0.39, 0.29) is 12.1 Å². The van der Waals surface area contributed by atoms with Crippen molar-refractivity contribution in [3.63, 3.8) is 0 Å². The number of rotatable bonds is 3. The molecular formula is C11H19NO2. The standard InChI is InChI=1S/C11H19NO2/c1-9(13)14-11-7-5-4-6-10(11)8-12(2)3/h5,7,10-11H,4,6,8H2,1-3H3/t10-,11-/m0/s1. The molecule has 1 aliphatic carbocycles. The minimum Gasteiger partial charge on any atom is -0.458 e. The SMILES string of the molecule is CC(=O)O[C@H]1C=CCC[C@H]1CN(C)C. The summed E-state index contributed by atoms with van der Waals surface area (Å²) in [5, 5.41) is 0. The summed E-state index contributed by atoms with van der Waals surface area (Å²) in [5.74, 6) is 0.254. The third kappa shape index (κ3) is 3.50. The Bertz CT molecular complexity index is 223. The molecule has 0 aromatic carbocycles. The molecule has 1 aliphatic rings. The van der Waals surface area contributed by atoms with Gasteiger partial charge in [-0.1, -0.05) is 6.08 Å². The van der Waals surface area contributed by atoms with Crippen molar-refractivity contribution in [1.82, 2.24) is 4.90 Å². The first-order valence-corrected chi connectivity index (χ1v) is 5.08. The number of carbonyl (C=O) groups is 1. The molecule has 0 saturated carbocycles. The van der Waals surface area contributed by atoms with Gasteiger partial charge in [0.05, 0.1) is 0 Å². The first-order valence-electron chi connectivity index (χ1n) is 5.08. The smallest absolute Gasteiger partial charge is 0.303 e. The van der Waals surface area contributed by atoms with E-state index in [1.165, 1.54) is 6.92 Å². The number of hydrogen-bond donors (Lipinski definition) is 0. The van der Waals surface area contributed by atoms with Crippen LogP contribution in [0.15, 0.2) is 12.2 Å². The monoisotopic (exact) mass is 197 g/mol. The third-order valence-corrected chi connectivity index (χ3v) is 2.40. The molecule has 0 fully saturated rings. The molecule has 0 aromatic heterocycles. The molecule has 0 N–H and O–H groups in total. The normalized spacial score (nSPS) is 26.6. The molecule has 3 nitrogen and oxygen atoms in total. The largest absolute Gasteiger partial charge is 0.458 e. The Morgan fingerprint density at radius 1 is 1.57 bits per heavy atom. The molecule has 80 valence electrons. The predicted octanol–water partition coefficient (Wildman–Crippen LogP) is 1.45. The second-order valence-electron chi connectivity index (χ2n) is 4.10. The summed E-state index contributed by atoms with van der Waals surface area (Å²) in [6.45, 7) is 2.44. The zero-order valence-corrected chi connectivity index (χ0v) is 9.19. The lowest BCUT2D eigenvalue weighted by molar-refractivity contribution is -0.146. The van der Waals surface area contributed by atoms with Gasteiger partial charge in [-0.05, 0) is 33.0 Å². The van der Waals surface area contributed by atoms with Crippen LogP contribution in [0.25, 0.3) is 0 Å². The molecule has 0 aliphatic heterocycles. The quantitative estimate of drug-likeness (QED) is 0.506. The Balaban J connectivity index is 2.53. The molecule has 3 heteroatoms. The second-order valence-corrected chi connectivity index (χ2v) is 4.10. The molecule has 0 heterocycles. The fraction of sp³-hybridized carbons (Fsp3) is 0.727. The van der Waals surface area contributed by atoms with Gasteiger partial charge in [0.25, 0.3) is 0 Å². The third-order valence-electron chi connectivity index (χ3n) is 2.40. The molecule has 0 aromatic rings. The van der Waals surface area contributed by atoms with Crippen molar-refractivity contribution in [2.24, 2.45) is 5.92 Å². The summed E-state index contributed by atoms with van der Waals surface area (Å²) >= 11 is 0. The van der Waals surface area contributed by atoms with Crippen LogP contribution in [0.5, 0.6) is 0 Å². The van der Waals surface area contributed by atoms with Crippen LogP contribution in [0.4, 0.5) is 0 Å². The Morgan fingerprint density at radius 3 is 2.86 bits per heavy atom. The summed E-state index contributed by atoms with van der Waals surface area (Å²) in [6.07, 6.45) is 6.28. The van der Waals surface area contributed by atoms with Crippen molar-refractivity contribution < 1.29 is 9.53 Å². The summed E-state index contributed by atoms with van der Waals surface area (Å²) in [5.41, 5.74) is 0. The van der Waals surface area contributed by atoms with E-state index in [9.17, 15) is 4.79 Å². The highest BCUT2D eigenvalue weighted by Gasteiger charge is 2.24. The van der Waals surface area contributed by atoms with Crippen molar-refractivity contribution >= 4 is 5.97 Å². The number of ether oxygens (including phenoxy) is 1. The van der Waals surface area contributed by atoms with Gasteiger partial charge in [-0.2, -0.15) is 0 Å². The van der Waals surface area contributed by atoms with Gasteiger partial charge in [-0.3, -0.25) is 4.79 Å². The first-order chi connectivity index (χ1) is 6.59. The average Bonchev–Trinajstić information content (AvgIpc) is 2.06. The van der Waals surface area contributed by atoms with E-state index in [1.54, 1.807) is 0 Å². The van der Waals surface area contributed by atoms with Gasteiger partial charge < -0.3 is 9.64 Å². The Labute approximate surface area is 85.7 Å². The number of allylic oxidation sites excluding steroid dienone is 1. The van der Waals surface area contributed by atoms with Crippen LogP contribution in [0.3, 0.4) is 0 Å². The highest BCUT2D eigenvalue weighted by Crippen LogP contribution is 2.22. The maximum Gasteiger partial charge on any atom is 0.303 e. The molecule has 0 unspecified atom stereocenters. The van der Waals surface area contributed by atoms with Gasteiger partial charge >= 0.3 is 5.97 Å². The fourth-order valence-corrected chi connectivity index (χ4v) is 1.85. The minimum absolute atomic E-state index is 0.0244. The molecule has 0 spiro atoms. The molecular weight excluding hydrogens is 178 g/mol. The summed E-state index contributed by atoms with van der Waals surface area (Å²) in [4.78, 5) is 13.0. The van der Waals surface area contributed by atoms with E-state index in [1.807, 2.05) is 20.2 Å². The predicted molar refractivity (Wildman–Crippen MR) is 56.0 cm³/mol. The number of nitrogens with zero attached hydrogens (tertiary/aromatic N) is 1. The maximum atomic E-state index is 10.9. The Morgan fingerprint density at radius 2 is 2.29 bits per heavy atom. The van der Waals surface area contributed by atoms with Gasteiger partial charge in [0.1, 0.15) is 6.10 Å². The molecule has 1 rings (SSSR count). The topological polar surface area (TPSA) is 29.5 Å². The lowest BCUT2D eigenvalue weighted by atomic mass is 9.91. The summed E-state index contributed by atoms with van der Waals surface area (Å²) < 4.78 is 5.25. The van der Waals surface area contributed by atoms with Crippen molar-refractivity contribution in [2.45, 2.75) is 25.9 Å². The van der Waals surface area contributed by atoms with Gasteiger partial charge in [0.2, 0.25) is 0 Å². The van der Waals surface area contributed by atoms with Crippen LogP contribution < -0.4 is 0 Å². The van der Waals surface area contributed by atoms with Crippen molar-refractivity contribution in [1.29, 1.82) is 0 Å². The zero-order chi connectivity index (χ0) is 10.6. The van der Waals surface area contributed by atoms with Crippen LogP contribution in [0.2, 0.25) is 0 Å². The Kier molecular flexibility index (Phi) is 4.14. The molecule has 2 atom stereocenters. The van der Waals surface area contributed by atoms with Gasteiger partial charge in [-0.15, -0.1) is 0 Å². The molecule has 14 heavy (non-hydrogen) atoms. The van der Waals surface area contributed by atoms with Gasteiger partial charge in [0, 0.05) is 19.4 Å². The van der Waals surface area contributed by atoms with Crippen LogP contribution in [0, 0.1) is 5.92 Å². The lowest BCUT2D eigenvalue weighted by Crippen LogP contribution is -2.34. The van der Waals surface area contributed by atoms with Crippen LogP contribution in [-0.2, 0) is 9.53 Å². The van der Waals surface area contributed by atoms with E-state index in [2.05, 4.69) is 11.0 Å². The van der Waals surface area contributed by atoms with Gasteiger partial charge in [0.15, 0.2) is 0 Å². The van der Waals surface area contributed by atoms with Crippen molar-refractivity contribution in [3.05, 3.63) is 12.2 Å². The number of esters is 1. The van der Waals surface area contributed by atoms with E-state index in [0.717, 1.165) is 19.4 Å². The summed E-state index contributed by atoms with van der Waals surface area (Å²) in [7, 11) is 4.09. The van der Waals surface area contributed by atoms with E-state index < -0.39 is 0 Å². The molecule has 0 amide bonds. The minimum atomic E-state index is -0.190. The number of carbonyl (C=O) groups excluding carboxylic acids is 1. The highest BCUT2D eigenvalue weighted by atomic mass is 16.5. The first kappa shape index (κ1) is 11.2. The second kappa shape index (κ2) is 5.15. The molecule has 0 bridgehead atoms. The van der Waals surface area contributed by atoms with Crippen molar-refractivity contribution in [3.8, 4) is 0 Å². The van der Waals surface area contributed by atoms with Crippen LogP contribution >= 0.6 is 0 Å². The van der Waals surface area contributed by atoms with Crippen molar-refractivity contribution in [2.75, 3.05) is 20.6 Å². The average molecular weight is 197 g/mol. The maximum absolute atomic E-state index is 10.9. The molecule has 0 saturated heterocycles. The summed E-state index contributed by atoms with van der Waals surface area (Å²) in [6, 6.07) is 0. The van der Waals surface area contributed by atoms with E-state index in [0.29, 0.717) is 5.92 Å². The molecule has 0 radical (unpaired) electrons. The zero-order valence-electron chi connectivity index (χ0n) is 9.19. The fourth-order valence-electron chi connectivity index (χ4n) is 1.85. The highest BCUT2D eigenvalue weighted by molar-refractivity contribution is 5.66. The Hall–Kier alpha value is -0.830. The lowest BCUT2D eigenvalue weighted by Gasteiger charge is -2.29. The number of hydrogen-bond acceptors (Lipinski definition) is 3. The van der Waals surface area contributed by atoms with Crippen LogP contribution in [0.1, 0.15) is 19.8 Å².